The molecule has 0 spiro atoms. The topological polar surface area (TPSA) is 105 Å². The van der Waals surface area contributed by atoms with E-state index < -0.39 is 0 Å². The lowest BCUT2D eigenvalue weighted by Gasteiger charge is -2.15. The minimum Gasteiger partial charge on any atom is -0.493 e. The van der Waals surface area contributed by atoms with Gasteiger partial charge in [0.15, 0.2) is 23.1 Å². The lowest BCUT2D eigenvalue weighted by molar-refractivity contribution is 0.102. The second kappa shape index (κ2) is 9.51. The van der Waals surface area contributed by atoms with Gasteiger partial charge < -0.3 is 30.0 Å². The van der Waals surface area contributed by atoms with E-state index in [1.54, 1.807) is 36.5 Å². The lowest BCUT2D eigenvalue weighted by Crippen LogP contribution is -2.14. The maximum absolute atomic E-state index is 12.9. The predicted octanol–water partition coefficient (Wildman–Crippen LogP) is 3.52. The first-order valence-corrected chi connectivity index (χ1v) is 9.10. The van der Waals surface area contributed by atoms with E-state index in [4.69, 9.17) is 24.7 Å². The van der Waals surface area contributed by atoms with Crippen LogP contribution < -0.4 is 30.0 Å². The van der Waals surface area contributed by atoms with Crippen LogP contribution in [0.15, 0.2) is 54.7 Å². The van der Waals surface area contributed by atoms with Gasteiger partial charge >= 0.3 is 0 Å². The quantitative estimate of drug-likeness (QED) is 0.586. The summed E-state index contributed by atoms with van der Waals surface area (Å²) in [4.78, 5) is 16.9. The summed E-state index contributed by atoms with van der Waals surface area (Å²) in [5.74, 6) is 1.65. The Morgan fingerprint density at radius 2 is 1.67 bits per heavy atom. The molecule has 0 aliphatic rings. The molecule has 3 N–H and O–H groups in total. The minimum absolute atomic E-state index is 0.210. The smallest absolute Gasteiger partial charge is 0.255 e. The first-order valence-electron chi connectivity index (χ1n) is 9.10. The Bertz CT molecular complexity index is 1010. The van der Waals surface area contributed by atoms with Crippen LogP contribution in [0.4, 0.5) is 11.5 Å². The first kappa shape index (κ1) is 20.8. The third kappa shape index (κ3) is 4.54. The van der Waals surface area contributed by atoms with Crippen molar-refractivity contribution in [1.29, 1.82) is 0 Å². The second-order valence-electron chi connectivity index (χ2n) is 6.20. The molecule has 2 aromatic carbocycles. The van der Waals surface area contributed by atoms with Crippen LogP contribution in [0.3, 0.4) is 0 Å². The highest BCUT2D eigenvalue weighted by Gasteiger charge is 2.18. The van der Waals surface area contributed by atoms with Crippen LogP contribution in [0, 0.1) is 0 Å². The fraction of sp³-hybridized carbons (Fsp3) is 0.182. The molecule has 3 rings (SSSR count). The third-order valence-electron chi connectivity index (χ3n) is 4.38. The summed E-state index contributed by atoms with van der Waals surface area (Å²) in [6.45, 7) is 0.210. The number of rotatable bonds is 8. The second-order valence-corrected chi connectivity index (χ2v) is 6.20. The number of carbonyl (C=O) groups is 1. The zero-order valence-corrected chi connectivity index (χ0v) is 17.0. The van der Waals surface area contributed by atoms with Gasteiger partial charge in [-0.2, -0.15) is 0 Å². The number of carbonyl (C=O) groups excluding carboxylic acids is 1. The lowest BCUT2D eigenvalue weighted by atomic mass is 10.1. The van der Waals surface area contributed by atoms with Crippen LogP contribution >= 0.6 is 0 Å². The Morgan fingerprint density at radius 1 is 0.967 bits per heavy atom. The van der Waals surface area contributed by atoms with Crippen molar-refractivity contribution in [2.45, 2.75) is 6.61 Å². The Labute approximate surface area is 174 Å². The molecular formula is C22H23N3O5. The number of anilines is 2. The number of para-hydroxylation sites is 1. The van der Waals surface area contributed by atoms with Crippen molar-refractivity contribution in [1.82, 2.24) is 4.98 Å². The van der Waals surface area contributed by atoms with Gasteiger partial charge in [0.1, 0.15) is 6.61 Å². The van der Waals surface area contributed by atoms with Gasteiger partial charge in [-0.15, -0.1) is 0 Å². The predicted molar refractivity (Wildman–Crippen MR) is 113 cm³/mol. The number of nitrogens with two attached hydrogens (primary N) is 1. The summed E-state index contributed by atoms with van der Waals surface area (Å²) >= 11 is 0. The summed E-state index contributed by atoms with van der Waals surface area (Å²) in [6, 6.07) is 14.0. The Morgan fingerprint density at radius 3 is 2.30 bits per heavy atom. The van der Waals surface area contributed by atoms with Crippen molar-refractivity contribution in [3.63, 3.8) is 0 Å². The molecule has 0 saturated heterocycles. The minimum atomic E-state index is -0.331. The maximum atomic E-state index is 12.9. The Hall–Kier alpha value is -3.94. The average molecular weight is 409 g/mol. The maximum Gasteiger partial charge on any atom is 0.255 e. The van der Waals surface area contributed by atoms with E-state index in [-0.39, 0.29) is 12.5 Å². The van der Waals surface area contributed by atoms with Gasteiger partial charge in [0.25, 0.3) is 5.91 Å². The van der Waals surface area contributed by atoms with E-state index in [0.717, 1.165) is 5.56 Å². The van der Waals surface area contributed by atoms with Crippen molar-refractivity contribution in [3.05, 3.63) is 65.9 Å². The number of amides is 1. The van der Waals surface area contributed by atoms with E-state index in [0.29, 0.717) is 40.1 Å². The molecule has 30 heavy (non-hydrogen) atoms. The molecule has 8 heteroatoms. The molecule has 0 bridgehead atoms. The highest BCUT2D eigenvalue weighted by molar-refractivity contribution is 6.05. The molecule has 0 fully saturated rings. The van der Waals surface area contributed by atoms with E-state index in [1.165, 1.54) is 21.3 Å². The zero-order chi connectivity index (χ0) is 21.5. The van der Waals surface area contributed by atoms with Gasteiger partial charge in [-0.25, -0.2) is 4.98 Å². The monoisotopic (exact) mass is 409 g/mol. The number of aromatic nitrogens is 1. The zero-order valence-electron chi connectivity index (χ0n) is 17.0. The van der Waals surface area contributed by atoms with E-state index in [9.17, 15) is 4.79 Å². The van der Waals surface area contributed by atoms with Gasteiger partial charge in [-0.1, -0.05) is 18.2 Å². The molecule has 1 aromatic heterocycles. The molecule has 0 aliphatic carbocycles. The van der Waals surface area contributed by atoms with Gasteiger partial charge in [0.05, 0.1) is 21.3 Å². The summed E-state index contributed by atoms with van der Waals surface area (Å²) in [5.41, 5.74) is 7.57. The first-order chi connectivity index (χ1) is 14.6. The number of nitrogens with one attached hydrogen (secondary N) is 1. The van der Waals surface area contributed by atoms with Crippen LogP contribution in [0.2, 0.25) is 0 Å². The number of nitrogen functional groups attached to an aromatic ring is 1. The average Bonchev–Trinajstić information content (AvgIpc) is 2.78. The molecule has 0 unspecified atom stereocenters. The number of hydrogen-bond acceptors (Lipinski definition) is 7. The number of methoxy groups -OCH3 is 3. The number of nitrogens with zero attached hydrogens (tertiary/aromatic N) is 1. The molecule has 1 heterocycles. The van der Waals surface area contributed by atoms with Gasteiger partial charge in [0, 0.05) is 23.0 Å². The van der Waals surface area contributed by atoms with Crippen molar-refractivity contribution < 1.29 is 23.7 Å². The van der Waals surface area contributed by atoms with E-state index in [1.807, 2.05) is 18.2 Å². The normalized spacial score (nSPS) is 10.2. The number of ether oxygens (including phenoxy) is 4. The Balaban J connectivity index is 1.82. The van der Waals surface area contributed by atoms with Crippen LogP contribution in [0.1, 0.15) is 15.9 Å². The summed E-state index contributed by atoms with van der Waals surface area (Å²) in [5, 5.41) is 2.90. The molecule has 0 radical (unpaired) electrons. The molecule has 8 nitrogen and oxygen atoms in total. The number of pyridine rings is 1. The van der Waals surface area contributed by atoms with Crippen LogP contribution in [-0.2, 0) is 6.61 Å². The Kier molecular flexibility index (Phi) is 6.59. The summed E-state index contributed by atoms with van der Waals surface area (Å²) < 4.78 is 21.7. The summed E-state index contributed by atoms with van der Waals surface area (Å²) in [7, 11) is 4.50. The van der Waals surface area contributed by atoms with Gasteiger partial charge in [0.2, 0.25) is 5.75 Å². The molecule has 0 saturated carbocycles. The van der Waals surface area contributed by atoms with Crippen molar-refractivity contribution >= 4 is 17.4 Å². The standard InChI is InChI=1S/C22H23N3O5/c1-27-18-11-15(12-19(28-2)20(18)29-3)22(26)25-16-8-5-4-7-14(16)13-30-17-9-6-10-24-21(17)23/h4-12H,13H2,1-3H3,(H2,23,24)(H,25,26). The molecule has 1 amide bonds. The highest BCUT2D eigenvalue weighted by Crippen LogP contribution is 2.38. The van der Waals surface area contributed by atoms with Crippen LogP contribution in [0.25, 0.3) is 0 Å². The van der Waals surface area contributed by atoms with Crippen molar-refractivity contribution in [2.75, 3.05) is 32.4 Å². The molecular weight excluding hydrogens is 386 g/mol. The molecule has 156 valence electrons. The van der Waals surface area contributed by atoms with Crippen molar-refractivity contribution in [2.24, 2.45) is 0 Å². The fourth-order valence-electron chi connectivity index (χ4n) is 2.86. The molecule has 0 aliphatic heterocycles. The van der Waals surface area contributed by atoms with Crippen molar-refractivity contribution in [3.8, 4) is 23.0 Å². The van der Waals surface area contributed by atoms with E-state index >= 15 is 0 Å². The number of benzene rings is 2. The largest absolute Gasteiger partial charge is 0.493 e. The molecule has 3 aromatic rings. The summed E-state index contributed by atoms with van der Waals surface area (Å²) in [6.07, 6.45) is 1.59. The van der Waals surface area contributed by atoms with E-state index in [2.05, 4.69) is 10.3 Å². The van der Waals surface area contributed by atoms with Gasteiger partial charge in [-0.3, -0.25) is 4.79 Å². The number of hydrogen-bond donors (Lipinski definition) is 2. The van der Waals surface area contributed by atoms with Crippen LogP contribution in [0.5, 0.6) is 23.0 Å². The fourth-order valence-corrected chi connectivity index (χ4v) is 2.86. The SMILES string of the molecule is COc1cc(C(=O)Nc2ccccc2COc2cccnc2N)cc(OC)c1OC. The van der Waals surface area contributed by atoms with Crippen LogP contribution in [-0.4, -0.2) is 32.2 Å². The highest BCUT2D eigenvalue weighted by atomic mass is 16.5. The molecule has 0 atom stereocenters. The van der Waals surface area contributed by atoms with Gasteiger partial charge in [-0.05, 0) is 30.3 Å². The third-order valence-corrected chi connectivity index (χ3v) is 4.38.